The fourth-order valence-electron chi connectivity index (χ4n) is 3.01. The number of hydrogen-bond donors (Lipinski definition) is 1. The van der Waals surface area contributed by atoms with Gasteiger partial charge in [-0.1, -0.05) is 0 Å². The van der Waals surface area contributed by atoms with Crippen molar-refractivity contribution >= 4 is 15.8 Å². The maximum absolute atomic E-state index is 12.3. The molecule has 1 unspecified atom stereocenters. The zero-order valence-electron chi connectivity index (χ0n) is 11.9. The summed E-state index contributed by atoms with van der Waals surface area (Å²) in [6.45, 7) is 6.31. The number of carbonyl (C=O) groups is 1. The topological polar surface area (TPSA) is 72.5 Å². The summed E-state index contributed by atoms with van der Waals surface area (Å²) in [7, 11) is -2.92. The van der Waals surface area contributed by atoms with E-state index in [1.54, 1.807) is 0 Å². The van der Waals surface area contributed by atoms with Gasteiger partial charge in [0.05, 0.1) is 17.4 Å². The quantitative estimate of drug-likeness (QED) is 0.726. The summed E-state index contributed by atoms with van der Waals surface area (Å²) < 4.78 is 28.6. The third-order valence-corrected chi connectivity index (χ3v) is 5.64. The van der Waals surface area contributed by atoms with Crippen molar-refractivity contribution in [3.8, 4) is 0 Å². The van der Waals surface area contributed by atoms with Gasteiger partial charge in [-0.25, -0.2) is 8.42 Å². The Morgan fingerprint density at radius 3 is 2.37 bits per heavy atom. The molecule has 0 radical (unpaired) electrons. The number of hydrogen-bond acceptors (Lipinski definition) is 5. The maximum Gasteiger partial charge on any atom is 0.311 e. The molecule has 1 N–H and O–H groups in total. The molecule has 0 aliphatic carbocycles. The Morgan fingerprint density at radius 2 is 1.84 bits per heavy atom. The van der Waals surface area contributed by atoms with Gasteiger partial charge in [0.25, 0.3) is 0 Å². The average molecular weight is 289 g/mol. The molecule has 0 aromatic heterocycles. The van der Waals surface area contributed by atoms with Gasteiger partial charge in [-0.15, -0.1) is 0 Å². The van der Waals surface area contributed by atoms with E-state index in [-0.39, 0.29) is 28.9 Å². The standard InChI is InChI=1S/C13H23NO4S/c1-12(2,3)18-11(15)10-4-7-14-13(10)5-8-19(16,17)9-6-13/h10,14H,4-9H2,1-3H3. The van der Waals surface area contributed by atoms with Gasteiger partial charge < -0.3 is 10.1 Å². The average Bonchev–Trinajstić information content (AvgIpc) is 2.65. The van der Waals surface area contributed by atoms with Crippen LogP contribution in [0.3, 0.4) is 0 Å². The number of carbonyl (C=O) groups excluding carboxylic acids is 1. The lowest BCUT2D eigenvalue weighted by molar-refractivity contribution is -0.162. The molecule has 5 nitrogen and oxygen atoms in total. The Kier molecular flexibility index (Phi) is 3.68. The van der Waals surface area contributed by atoms with Crippen molar-refractivity contribution in [3.05, 3.63) is 0 Å². The molecule has 0 amide bonds. The number of rotatable bonds is 1. The van der Waals surface area contributed by atoms with Crippen molar-refractivity contribution in [3.63, 3.8) is 0 Å². The monoisotopic (exact) mass is 289 g/mol. The molecule has 2 heterocycles. The first-order chi connectivity index (χ1) is 8.64. The highest BCUT2D eigenvalue weighted by atomic mass is 32.2. The largest absolute Gasteiger partial charge is 0.460 e. The Morgan fingerprint density at radius 1 is 1.26 bits per heavy atom. The molecule has 2 saturated heterocycles. The summed E-state index contributed by atoms with van der Waals surface area (Å²) in [5.41, 5.74) is -0.866. The first-order valence-electron chi connectivity index (χ1n) is 6.82. The lowest BCUT2D eigenvalue weighted by Crippen LogP contribution is -2.53. The van der Waals surface area contributed by atoms with E-state index in [9.17, 15) is 13.2 Å². The van der Waals surface area contributed by atoms with E-state index < -0.39 is 15.4 Å². The molecule has 2 fully saturated rings. The summed E-state index contributed by atoms with van der Waals surface area (Å²) in [5.74, 6) is -0.0856. The zero-order valence-corrected chi connectivity index (χ0v) is 12.7. The zero-order chi connectivity index (χ0) is 14.3. The van der Waals surface area contributed by atoms with Crippen LogP contribution in [0.15, 0.2) is 0 Å². The molecule has 2 rings (SSSR count). The van der Waals surface area contributed by atoms with Crippen LogP contribution in [-0.4, -0.2) is 43.6 Å². The van der Waals surface area contributed by atoms with Crippen molar-refractivity contribution in [2.24, 2.45) is 5.92 Å². The Hall–Kier alpha value is -0.620. The van der Waals surface area contributed by atoms with Crippen LogP contribution in [0.2, 0.25) is 0 Å². The smallest absolute Gasteiger partial charge is 0.311 e. The SMILES string of the molecule is CC(C)(C)OC(=O)C1CCNC12CCS(=O)(=O)CC2. The minimum absolute atomic E-state index is 0.166. The molecule has 1 atom stereocenters. The van der Waals surface area contributed by atoms with Crippen LogP contribution in [0.5, 0.6) is 0 Å². The summed E-state index contributed by atoms with van der Waals surface area (Å²) in [6, 6.07) is 0. The molecule has 0 bridgehead atoms. The number of ether oxygens (including phenoxy) is 1. The van der Waals surface area contributed by atoms with Gasteiger partial charge in [-0.3, -0.25) is 4.79 Å². The third-order valence-electron chi connectivity index (χ3n) is 3.99. The van der Waals surface area contributed by atoms with Gasteiger partial charge in [-0.2, -0.15) is 0 Å². The fourth-order valence-corrected chi connectivity index (χ4v) is 4.56. The number of nitrogens with one attached hydrogen (secondary N) is 1. The molecule has 1 spiro atoms. The van der Waals surface area contributed by atoms with Crippen molar-refractivity contribution in [2.75, 3.05) is 18.1 Å². The lowest BCUT2D eigenvalue weighted by atomic mass is 9.80. The van der Waals surface area contributed by atoms with E-state index in [1.165, 1.54) is 0 Å². The summed E-state index contributed by atoms with van der Waals surface area (Å²) in [4.78, 5) is 12.3. The van der Waals surface area contributed by atoms with Crippen LogP contribution in [0, 0.1) is 5.92 Å². The highest BCUT2D eigenvalue weighted by Gasteiger charge is 2.50. The van der Waals surface area contributed by atoms with E-state index in [0.29, 0.717) is 12.8 Å². The normalized spacial score (nSPS) is 29.3. The molecule has 110 valence electrons. The second kappa shape index (κ2) is 4.74. The van der Waals surface area contributed by atoms with Crippen molar-refractivity contribution in [1.29, 1.82) is 0 Å². The molecule has 19 heavy (non-hydrogen) atoms. The first-order valence-corrected chi connectivity index (χ1v) is 8.64. The lowest BCUT2D eigenvalue weighted by Gasteiger charge is -2.38. The molecule has 0 aromatic rings. The highest BCUT2D eigenvalue weighted by molar-refractivity contribution is 7.91. The van der Waals surface area contributed by atoms with Gasteiger partial charge >= 0.3 is 5.97 Å². The van der Waals surface area contributed by atoms with E-state index in [4.69, 9.17) is 4.74 Å². The van der Waals surface area contributed by atoms with Gasteiger partial charge in [0.1, 0.15) is 15.4 Å². The van der Waals surface area contributed by atoms with Crippen LogP contribution in [0.25, 0.3) is 0 Å². The predicted molar refractivity (Wildman–Crippen MR) is 72.6 cm³/mol. The molecular weight excluding hydrogens is 266 g/mol. The second-order valence-electron chi connectivity index (χ2n) is 6.61. The van der Waals surface area contributed by atoms with E-state index >= 15 is 0 Å². The summed E-state index contributed by atoms with van der Waals surface area (Å²) >= 11 is 0. The number of sulfone groups is 1. The van der Waals surface area contributed by atoms with Gasteiger partial charge in [0.15, 0.2) is 0 Å². The van der Waals surface area contributed by atoms with Crippen LogP contribution in [0.1, 0.15) is 40.0 Å². The molecule has 0 saturated carbocycles. The summed E-state index contributed by atoms with van der Waals surface area (Å²) in [6.07, 6.45) is 1.76. The molecular formula is C13H23NO4S. The predicted octanol–water partition coefficient (Wildman–Crippen LogP) is 0.885. The number of esters is 1. The molecule has 6 heteroatoms. The van der Waals surface area contributed by atoms with Crippen LogP contribution >= 0.6 is 0 Å². The Balaban J connectivity index is 2.11. The first kappa shape index (κ1) is 14.8. The molecule has 0 aromatic carbocycles. The second-order valence-corrected chi connectivity index (χ2v) is 8.91. The van der Waals surface area contributed by atoms with E-state index in [2.05, 4.69) is 5.32 Å². The van der Waals surface area contributed by atoms with Crippen molar-refractivity contribution < 1.29 is 17.9 Å². The minimum Gasteiger partial charge on any atom is -0.460 e. The van der Waals surface area contributed by atoms with Crippen LogP contribution in [-0.2, 0) is 19.4 Å². The van der Waals surface area contributed by atoms with E-state index in [1.807, 2.05) is 20.8 Å². The molecule has 2 aliphatic heterocycles. The van der Waals surface area contributed by atoms with Crippen molar-refractivity contribution in [1.82, 2.24) is 5.32 Å². The minimum atomic E-state index is -2.92. The Labute approximate surface area is 115 Å². The highest BCUT2D eigenvalue weighted by Crippen LogP contribution is 2.38. The maximum atomic E-state index is 12.3. The summed E-state index contributed by atoms with van der Waals surface area (Å²) in [5, 5.41) is 3.36. The third kappa shape index (κ3) is 3.28. The van der Waals surface area contributed by atoms with E-state index in [0.717, 1.165) is 13.0 Å². The van der Waals surface area contributed by atoms with Gasteiger partial charge in [0, 0.05) is 5.54 Å². The Bertz CT molecular complexity index is 450. The van der Waals surface area contributed by atoms with Gasteiger partial charge in [-0.05, 0) is 46.6 Å². The van der Waals surface area contributed by atoms with Gasteiger partial charge in [0.2, 0.25) is 0 Å². The van der Waals surface area contributed by atoms with Crippen LogP contribution < -0.4 is 5.32 Å². The molecule has 2 aliphatic rings. The fraction of sp³-hybridized carbons (Fsp3) is 0.923. The van der Waals surface area contributed by atoms with Crippen molar-refractivity contribution in [2.45, 2.75) is 51.2 Å². The van der Waals surface area contributed by atoms with Crippen LogP contribution in [0.4, 0.5) is 0 Å².